The topological polar surface area (TPSA) is 37.3 Å². The van der Waals surface area contributed by atoms with Crippen LogP contribution in [0.5, 0.6) is 0 Å². The van der Waals surface area contributed by atoms with Gasteiger partial charge in [0.25, 0.3) is 0 Å². The molecule has 140 valence electrons. The zero-order valence-electron chi connectivity index (χ0n) is 16.0. The molecule has 0 aromatic rings. The maximum atomic E-state index is 10.3. The van der Waals surface area contributed by atoms with Gasteiger partial charge in [0, 0.05) is 6.42 Å². The normalized spacial score (nSPS) is 11.7. The highest BCUT2D eigenvalue weighted by molar-refractivity contribution is 5.66. The van der Waals surface area contributed by atoms with Crippen molar-refractivity contribution in [1.82, 2.24) is 0 Å². The highest BCUT2D eigenvalue weighted by Crippen LogP contribution is 2.11. The van der Waals surface area contributed by atoms with Crippen LogP contribution in [0.4, 0.5) is 0 Å². The van der Waals surface area contributed by atoms with Gasteiger partial charge < -0.3 is 5.11 Å². The molecule has 2 heteroatoms. The molecular formula is C22H40O2. The van der Waals surface area contributed by atoms with Gasteiger partial charge in [-0.15, -0.1) is 0 Å². The number of hydrogen-bond acceptors (Lipinski definition) is 1. The van der Waals surface area contributed by atoms with E-state index >= 15 is 0 Å². The standard InChI is InChI=1S/C22H40O2/c1-2-3-4-5-6-7-8-9-10-11-12-13-14-15-16-17-18-19-20-21-22(23)24/h13-14,17-18H,2-12,15-16,19-21H2,1H3,(H,23,24)/b14-13-,18-17-. The van der Waals surface area contributed by atoms with Gasteiger partial charge in [-0.05, 0) is 38.5 Å². The smallest absolute Gasteiger partial charge is 0.303 e. The molecule has 0 heterocycles. The fraction of sp³-hybridized carbons (Fsp3) is 0.773. The molecule has 0 aliphatic rings. The Morgan fingerprint density at radius 2 is 1.04 bits per heavy atom. The molecule has 2 nitrogen and oxygen atoms in total. The molecule has 0 unspecified atom stereocenters. The van der Waals surface area contributed by atoms with E-state index in [1.807, 2.05) is 0 Å². The van der Waals surface area contributed by atoms with Crippen LogP contribution in [0.2, 0.25) is 0 Å². The average molecular weight is 337 g/mol. The second-order valence-electron chi connectivity index (χ2n) is 6.78. The van der Waals surface area contributed by atoms with Crippen LogP contribution in [-0.2, 0) is 4.79 Å². The van der Waals surface area contributed by atoms with Crippen molar-refractivity contribution in [2.75, 3.05) is 0 Å². The minimum absolute atomic E-state index is 0.281. The molecule has 0 radical (unpaired) electrons. The Morgan fingerprint density at radius 3 is 1.54 bits per heavy atom. The molecule has 0 aromatic carbocycles. The SMILES string of the molecule is CCCCCCCCCCCC/C=C\CC/C=C\CCCC(=O)O. The molecule has 0 saturated carbocycles. The van der Waals surface area contributed by atoms with Gasteiger partial charge in [-0.3, -0.25) is 4.79 Å². The van der Waals surface area contributed by atoms with E-state index in [1.54, 1.807) is 0 Å². The van der Waals surface area contributed by atoms with Crippen LogP contribution in [0.25, 0.3) is 0 Å². The van der Waals surface area contributed by atoms with Crippen molar-refractivity contribution in [1.29, 1.82) is 0 Å². The number of carboxylic acids is 1. The predicted octanol–water partition coefficient (Wildman–Crippen LogP) is 7.44. The van der Waals surface area contributed by atoms with Gasteiger partial charge in [-0.1, -0.05) is 89.0 Å². The number of hydrogen-bond donors (Lipinski definition) is 1. The van der Waals surface area contributed by atoms with Crippen molar-refractivity contribution < 1.29 is 9.90 Å². The van der Waals surface area contributed by atoms with E-state index in [2.05, 4.69) is 31.2 Å². The number of allylic oxidation sites excluding steroid dienone is 4. The summed E-state index contributed by atoms with van der Waals surface area (Å²) in [5.74, 6) is -0.696. The third-order valence-corrected chi connectivity index (χ3v) is 4.32. The van der Waals surface area contributed by atoms with E-state index in [-0.39, 0.29) is 6.42 Å². The Morgan fingerprint density at radius 1 is 0.625 bits per heavy atom. The highest BCUT2D eigenvalue weighted by Gasteiger charge is 1.93. The quantitative estimate of drug-likeness (QED) is 0.208. The molecule has 1 N–H and O–H groups in total. The minimum atomic E-state index is -0.696. The minimum Gasteiger partial charge on any atom is -0.481 e. The third kappa shape index (κ3) is 20.9. The molecule has 0 fully saturated rings. The zero-order valence-corrected chi connectivity index (χ0v) is 16.0. The molecule has 0 atom stereocenters. The molecule has 0 rings (SSSR count). The van der Waals surface area contributed by atoms with Crippen molar-refractivity contribution in [3.63, 3.8) is 0 Å². The highest BCUT2D eigenvalue weighted by atomic mass is 16.4. The molecule has 0 aromatic heterocycles. The Balaban J connectivity index is 3.16. The monoisotopic (exact) mass is 336 g/mol. The van der Waals surface area contributed by atoms with E-state index in [4.69, 9.17) is 5.11 Å². The second kappa shape index (κ2) is 20.0. The van der Waals surface area contributed by atoms with Crippen LogP contribution in [0, 0.1) is 0 Å². The summed E-state index contributed by atoms with van der Waals surface area (Å²) in [5, 5.41) is 8.52. The summed E-state index contributed by atoms with van der Waals surface area (Å²) in [5.41, 5.74) is 0. The first-order chi connectivity index (χ1) is 11.8. The Bertz CT molecular complexity index is 318. The van der Waals surface area contributed by atoms with Crippen LogP contribution in [0.1, 0.15) is 110 Å². The van der Waals surface area contributed by atoms with Gasteiger partial charge in [0.1, 0.15) is 0 Å². The van der Waals surface area contributed by atoms with Crippen molar-refractivity contribution in [3.05, 3.63) is 24.3 Å². The number of carbonyl (C=O) groups is 1. The lowest BCUT2D eigenvalue weighted by Gasteiger charge is -2.01. The van der Waals surface area contributed by atoms with Gasteiger partial charge >= 0.3 is 5.97 Å². The van der Waals surface area contributed by atoms with Crippen molar-refractivity contribution in [2.24, 2.45) is 0 Å². The van der Waals surface area contributed by atoms with Crippen LogP contribution in [0.3, 0.4) is 0 Å². The molecule has 24 heavy (non-hydrogen) atoms. The second-order valence-corrected chi connectivity index (χ2v) is 6.78. The fourth-order valence-electron chi connectivity index (χ4n) is 2.78. The maximum absolute atomic E-state index is 10.3. The van der Waals surface area contributed by atoms with E-state index in [0.717, 1.165) is 25.7 Å². The summed E-state index contributed by atoms with van der Waals surface area (Å²) in [4.78, 5) is 10.3. The van der Waals surface area contributed by atoms with Crippen LogP contribution in [0.15, 0.2) is 24.3 Å². The first kappa shape index (κ1) is 22.9. The van der Waals surface area contributed by atoms with E-state index in [0.29, 0.717) is 0 Å². The average Bonchev–Trinajstić information content (AvgIpc) is 2.56. The lowest BCUT2D eigenvalue weighted by Crippen LogP contribution is -1.92. The molecule has 0 bridgehead atoms. The predicted molar refractivity (Wildman–Crippen MR) is 105 cm³/mol. The molecule has 0 aliphatic carbocycles. The number of carboxylic acid groups (broad SMARTS) is 1. The first-order valence-corrected chi connectivity index (χ1v) is 10.3. The van der Waals surface area contributed by atoms with Gasteiger partial charge in [0.15, 0.2) is 0 Å². The Kier molecular flexibility index (Phi) is 19.1. The largest absolute Gasteiger partial charge is 0.481 e. The Labute approximate surface area is 150 Å². The third-order valence-electron chi connectivity index (χ3n) is 4.32. The van der Waals surface area contributed by atoms with E-state index in [1.165, 1.54) is 70.6 Å². The summed E-state index contributed by atoms with van der Waals surface area (Å²) in [6, 6.07) is 0. The number of aliphatic carboxylic acids is 1. The summed E-state index contributed by atoms with van der Waals surface area (Å²) in [6.45, 7) is 2.27. The van der Waals surface area contributed by atoms with Gasteiger partial charge in [0.2, 0.25) is 0 Å². The molecule has 0 amide bonds. The van der Waals surface area contributed by atoms with Crippen molar-refractivity contribution in [2.45, 2.75) is 110 Å². The van der Waals surface area contributed by atoms with Gasteiger partial charge in [0.05, 0.1) is 0 Å². The zero-order chi connectivity index (χ0) is 17.7. The van der Waals surface area contributed by atoms with Crippen molar-refractivity contribution >= 4 is 5.97 Å². The lowest BCUT2D eigenvalue weighted by molar-refractivity contribution is -0.137. The van der Waals surface area contributed by atoms with Crippen LogP contribution < -0.4 is 0 Å². The van der Waals surface area contributed by atoms with Crippen LogP contribution >= 0.6 is 0 Å². The number of unbranched alkanes of at least 4 members (excludes halogenated alkanes) is 12. The summed E-state index contributed by atoms with van der Waals surface area (Å²) in [7, 11) is 0. The van der Waals surface area contributed by atoms with E-state index in [9.17, 15) is 4.79 Å². The van der Waals surface area contributed by atoms with Gasteiger partial charge in [-0.2, -0.15) is 0 Å². The van der Waals surface area contributed by atoms with Crippen molar-refractivity contribution in [3.8, 4) is 0 Å². The summed E-state index contributed by atoms with van der Waals surface area (Å²) < 4.78 is 0. The van der Waals surface area contributed by atoms with Crippen LogP contribution in [-0.4, -0.2) is 11.1 Å². The molecule has 0 saturated heterocycles. The molecular weight excluding hydrogens is 296 g/mol. The molecule has 0 spiro atoms. The summed E-state index contributed by atoms with van der Waals surface area (Å²) in [6.07, 6.45) is 28.2. The number of rotatable bonds is 18. The maximum Gasteiger partial charge on any atom is 0.303 e. The summed E-state index contributed by atoms with van der Waals surface area (Å²) >= 11 is 0. The van der Waals surface area contributed by atoms with Gasteiger partial charge in [-0.25, -0.2) is 0 Å². The molecule has 0 aliphatic heterocycles. The lowest BCUT2D eigenvalue weighted by atomic mass is 10.1. The van der Waals surface area contributed by atoms with E-state index < -0.39 is 5.97 Å². The first-order valence-electron chi connectivity index (χ1n) is 10.3. The Hall–Kier alpha value is -1.05. The fourth-order valence-corrected chi connectivity index (χ4v) is 2.78.